The Morgan fingerprint density at radius 3 is 2.80 bits per heavy atom. The van der Waals surface area contributed by atoms with E-state index in [1.165, 1.54) is 28.5 Å². The van der Waals surface area contributed by atoms with Crippen molar-refractivity contribution >= 4 is 21.4 Å². The Hall–Kier alpha value is -0.430. The Morgan fingerprint density at radius 2 is 2.20 bits per heavy atom. The Kier molecular flexibility index (Phi) is 5.23. The highest BCUT2D eigenvalue weighted by Gasteiger charge is 2.26. The molecule has 0 aromatic carbocycles. The van der Waals surface area contributed by atoms with Gasteiger partial charge in [-0.2, -0.15) is 4.31 Å². The molecule has 1 aromatic rings. The first-order chi connectivity index (χ1) is 9.45. The molecule has 6 heteroatoms. The van der Waals surface area contributed by atoms with Gasteiger partial charge in [0.1, 0.15) is 0 Å². The minimum atomic E-state index is -3.35. The highest BCUT2D eigenvalue weighted by atomic mass is 32.2. The van der Waals surface area contributed by atoms with Gasteiger partial charge in [0.25, 0.3) is 0 Å². The molecule has 1 aliphatic rings. The monoisotopic (exact) mass is 316 g/mol. The predicted octanol–water partition coefficient (Wildman–Crippen LogP) is 2.81. The summed E-state index contributed by atoms with van der Waals surface area (Å²) in [4.78, 5) is 1.52. The number of nitrogens with one attached hydrogen (secondary N) is 1. The molecule has 1 fully saturated rings. The van der Waals surface area contributed by atoms with E-state index >= 15 is 0 Å². The molecule has 1 aliphatic carbocycles. The van der Waals surface area contributed by atoms with Gasteiger partial charge in [-0.3, -0.25) is 0 Å². The molecule has 0 saturated heterocycles. The van der Waals surface area contributed by atoms with E-state index in [9.17, 15) is 8.42 Å². The molecule has 4 nitrogen and oxygen atoms in total. The minimum Gasteiger partial charge on any atom is -0.309 e. The Balaban J connectivity index is 2.04. The maximum absolute atomic E-state index is 12.5. The molecule has 2 rings (SSSR count). The highest BCUT2D eigenvalue weighted by Crippen LogP contribution is 2.25. The zero-order valence-corrected chi connectivity index (χ0v) is 14.1. The molecule has 0 spiro atoms. The van der Waals surface area contributed by atoms with Crippen molar-refractivity contribution in [3.63, 3.8) is 0 Å². The molecule has 0 radical (unpaired) electrons. The summed E-state index contributed by atoms with van der Waals surface area (Å²) in [5, 5.41) is 5.17. The van der Waals surface area contributed by atoms with E-state index in [0.29, 0.717) is 10.9 Å². The maximum atomic E-state index is 12.5. The zero-order chi connectivity index (χ0) is 14.8. The summed E-state index contributed by atoms with van der Waals surface area (Å²) < 4.78 is 26.5. The molecule has 0 bridgehead atoms. The Morgan fingerprint density at radius 1 is 1.50 bits per heavy atom. The van der Waals surface area contributed by atoms with Crippen molar-refractivity contribution in [2.24, 2.45) is 0 Å². The average molecular weight is 316 g/mol. The van der Waals surface area contributed by atoms with Gasteiger partial charge in [-0.25, -0.2) is 8.42 Å². The second kappa shape index (κ2) is 6.56. The van der Waals surface area contributed by atoms with Gasteiger partial charge in [0.05, 0.1) is 4.90 Å². The quantitative estimate of drug-likeness (QED) is 0.802. The van der Waals surface area contributed by atoms with E-state index in [1.807, 2.05) is 13.0 Å². The summed E-state index contributed by atoms with van der Waals surface area (Å²) in [5.41, 5.74) is 0. The molecule has 1 heterocycles. The summed E-state index contributed by atoms with van der Waals surface area (Å²) in [7, 11) is -1.67. The SMILES string of the molecule is CCCC(C)N(C)S(=O)(=O)c1csc(CNC2CC2)c1. The second-order valence-corrected chi connectivity index (χ2v) is 8.56. The Bertz CT molecular complexity index is 535. The van der Waals surface area contributed by atoms with Crippen molar-refractivity contribution in [3.05, 3.63) is 16.3 Å². The number of hydrogen-bond donors (Lipinski definition) is 1. The third-order valence-electron chi connectivity index (χ3n) is 3.78. The van der Waals surface area contributed by atoms with Crippen molar-refractivity contribution in [3.8, 4) is 0 Å². The van der Waals surface area contributed by atoms with Crippen LogP contribution < -0.4 is 5.32 Å². The van der Waals surface area contributed by atoms with Gasteiger partial charge in [0.2, 0.25) is 10.0 Å². The number of thiophene rings is 1. The number of hydrogen-bond acceptors (Lipinski definition) is 4. The normalized spacial score (nSPS) is 17.6. The van der Waals surface area contributed by atoms with Crippen molar-refractivity contribution < 1.29 is 8.42 Å². The van der Waals surface area contributed by atoms with Gasteiger partial charge < -0.3 is 5.32 Å². The highest BCUT2D eigenvalue weighted by molar-refractivity contribution is 7.89. The summed E-state index contributed by atoms with van der Waals surface area (Å²) >= 11 is 1.52. The molecule has 114 valence electrons. The lowest BCUT2D eigenvalue weighted by molar-refractivity contribution is 0.369. The van der Waals surface area contributed by atoms with Crippen molar-refractivity contribution in [2.75, 3.05) is 7.05 Å². The van der Waals surface area contributed by atoms with Crippen LogP contribution in [-0.2, 0) is 16.6 Å². The van der Waals surface area contributed by atoms with Crippen LogP contribution in [0.5, 0.6) is 0 Å². The van der Waals surface area contributed by atoms with Gasteiger partial charge in [-0.15, -0.1) is 11.3 Å². The number of rotatable bonds is 8. The third kappa shape index (κ3) is 3.81. The fraction of sp³-hybridized carbons (Fsp3) is 0.714. The van der Waals surface area contributed by atoms with E-state index in [-0.39, 0.29) is 6.04 Å². The average Bonchev–Trinajstić information content (AvgIpc) is 3.11. The van der Waals surface area contributed by atoms with Gasteiger partial charge in [-0.1, -0.05) is 13.3 Å². The lowest BCUT2D eigenvalue weighted by Crippen LogP contribution is -2.34. The van der Waals surface area contributed by atoms with E-state index in [4.69, 9.17) is 0 Å². The molecule has 20 heavy (non-hydrogen) atoms. The first-order valence-electron chi connectivity index (χ1n) is 7.24. The topological polar surface area (TPSA) is 49.4 Å². The third-order valence-corrected chi connectivity index (χ3v) is 6.81. The summed E-state index contributed by atoms with van der Waals surface area (Å²) in [6.45, 7) is 4.81. The smallest absolute Gasteiger partial charge is 0.243 e. The van der Waals surface area contributed by atoms with E-state index < -0.39 is 10.0 Å². The van der Waals surface area contributed by atoms with Crippen LogP contribution in [-0.4, -0.2) is 31.9 Å². The van der Waals surface area contributed by atoms with E-state index in [0.717, 1.165) is 24.3 Å². The summed E-state index contributed by atoms with van der Waals surface area (Å²) in [6.07, 6.45) is 4.36. The molecule has 1 unspecified atom stereocenters. The minimum absolute atomic E-state index is 0.0398. The van der Waals surface area contributed by atoms with Gasteiger partial charge in [0.15, 0.2) is 0 Å². The molecule has 0 amide bonds. The molecule has 1 atom stereocenters. The van der Waals surface area contributed by atoms with Crippen molar-refractivity contribution in [2.45, 2.75) is 63.1 Å². The molecular formula is C14H24N2O2S2. The first kappa shape index (κ1) is 15.9. The zero-order valence-electron chi connectivity index (χ0n) is 12.4. The van der Waals surface area contributed by atoms with Gasteiger partial charge in [0, 0.05) is 35.9 Å². The standard InChI is InChI=1S/C14H24N2O2S2/c1-4-5-11(2)16(3)20(17,18)14-8-13(19-10-14)9-15-12-6-7-12/h8,10-12,15H,4-7,9H2,1-3H3. The van der Waals surface area contributed by atoms with Crippen LogP contribution in [0.25, 0.3) is 0 Å². The maximum Gasteiger partial charge on any atom is 0.243 e. The number of sulfonamides is 1. The van der Waals surface area contributed by atoms with Gasteiger partial charge >= 0.3 is 0 Å². The fourth-order valence-corrected chi connectivity index (χ4v) is 4.73. The summed E-state index contributed by atoms with van der Waals surface area (Å²) in [5.74, 6) is 0. The van der Waals surface area contributed by atoms with Crippen molar-refractivity contribution in [1.29, 1.82) is 0 Å². The van der Waals surface area contributed by atoms with Crippen LogP contribution >= 0.6 is 11.3 Å². The number of nitrogens with zero attached hydrogens (tertiary/aromatic N) is 1. The first-order valence-corrected chi connectivity index (χ1v) is 9.56. The Labute approximate surface area is 126 Å². The van der Waals surface area contributed by atoms with E-state index in [2.05, 4.69) is 12.2 Å². The largest absolute Gasteiger partial charge is 0.309 e. The molecule has 1 N–H and O–H groups in total. The van der Waals surface area contributed by atoms with E-state index in [1.54, 1.807) is 12.4 Å². The fourth-order valence-electron chi connectivity index (χ4n) is 2.12. The molecular weight excluding hydrogens is 292 g/mol. The van der Waals surface area contributed by atoms with Crippen LogP contribution in [0, 0.1) is 0 Å². The van der Waals surface area contributed by atoms with Crippen LogP contribution in [0.15, 0.2) is 16.3 Å². The molecule has 1 saturated carbocycles. The second-order valence-electron chi connectivity index (χ2n) is 5.56. The molecule has 0 aliphatic heterocycles. The predicted molar refractivity (Wildman–Crippen MR) is 83.5 cm³/mol. The van der Waals surface area contributed by atoms with Crippen LogP contribution in [0.4, 0.5) is 0 Å². The molecule has 1 aromatic heterocycles. The van der Waals surface area contributed by atoms with Crippen LogP contribution in [0.1, 0.15) is 44.4 Å². The van der Waals surface area contributed by atoms with Crippen LogP contribution in [0.2, 0.25) is 0 Å². The lowest BCUT2D eigenvalue weighted by atomic mass is 10.2. The van der Waals surface area contributed by atoms with Gasteiger partial charge in [-0.05, 0) is 32.3 Å². The van der Waals surface area contributed by atoms with Crippen LogP contribution in [0.3, 0.4) is 0 Å². The lowest BCUT2D eigenvalue weighted by Gasteiger charge is -2.23. The summed E-state index contributed by atoms with van der Waals surface area (Å²) in [6, 6.07) is 2.49. The van der Waals surface area contributed by atoms with Crippen molar-refractivity contribution in [1.82, 2.24) is 9.62 Å².